The Labute approximate surface area is 163 Å². The minimum absolute atomic E-state index is 0.0409. The SMILES string of the molecule is CCC1CC(C(=O)N2C[C@H]3CC[C@@H]2CN(CCCc2ccccc2)C3)NN1. The van der Waals surface area contributed by atoms with Gasteiger partial charge in [-0.2, -0.15) is 0 Å². The average Bonchev–Trinajstić information content (AvgIpc) is 3.02. The summed E-state index contributed by atoms with van der Waals surface area (Å²) in [6.45, 7) is 6.48. The lowest BCUT2D eigenvalue weighted by molar-refractivity contribution is -0.137. The first-order valence-electron chi connectivity index (χ1n) is 10.8. The Bertz CT molecular complexity index is 622. The number of carbonyl (C=O) groups excluding carboxylic acids is 1. The van der Waals surface area contributed by atoms with Gasteiger partial charge in [0.15, 0.2) is 0 Å². The van der Waals surface area contributed by atoms with Crippen molar-refractivity contribution in [2.45, 2.75) is 63.6 Å². The van der Waals surface area contributed by atoms with Crippen LogP contribution in [0.2, 0.25) is 0 Å². The molecule has 0 radical (unpaired) electrons. The molecule has 148 valence electrons. The summed E-state index contributed by atoms with van der Waals surface area (Å²) in [7, 11) is 0. The molecule has 5 rings (SSSR count). The number of aryl methyl sites for hydroxylation is 1. The first-order chi connectivity index (χ1) is 13.2. The number of fused-ring (bicyclic) bond motifs is 4. The quantitative estimate of drug-likeness (QED) is 0.806. The van der Waals surface area contributed by atoms with Gasteiger partial charge >= 0.3 is 0 Å². The van der Waals surface area contributed by atoms with E-state index in [4.69, 9.17) is 0 Å². The van der Waals surface area contributed by atoms with Crippen molar-refractivity contribution in [3.8, 4) is 0 Å². The Hall–Kier alpha value is -1.43. The van der Waals surface area contributed by atoms with E-state index in [9.17, 15) is 4.79 Å². The first-order valence-corrected chi connectivity index (χ1v) is 10.8. The monoisotopic (exact) mass is 370 g/mol. The van der Waals surface area contributed by atoms with E-state index in [1.807, 2.05) is 0 Å². The third-order valence-electron chi connectivity index (χ3n) is 6.63. The minimum Gasteiger partial charge on any atom is -0.337 e. The number of piperidine rings is 1. The molecule has 4 saturated heterocycles. The summed E-state index contributed by atoms with van der Waals surface area (Å²) in [5.74, 6) is 0.958. The molecule has 4 heterocycles. The largest absolute Gasteiger partial charge is 0.337 e. The number of carbonyl (C=O) groups is 1. The molecule has 2 unspecified atom stereocenters. The predicted octanol–water partition coefficient (Wildman–Crippen LogP) is 2.19. The van der Waals surface area contributed by atoms with Gasteiger partial charge in [-0.25, -0.2) is 5.43 Å². The zero-order valence-electron chi connectivity index (χ0n) is 16.6. The van der Waals surface area contributed by atoms with Gasteiger partial charge in [0.2, 0.25) is 5.91 Å². The Morgan fingerprint density at radius 3 is 2.74 bits per heavy atom. The van der Waals surface area contributed by atoms with Crippen molar-refractivity contribution in [1.82, 2.24) is 20.7 Å². The van der Waals surface area contributed by atoms with Crippen LogP contribution in [0, 0.1) is 5.92 Å². The highest BCUT2D eigenvalue weighted by Crippen LogP contribution is 2.29. The minimum atomic E-state index is -0.0409. The summed E-state index contributed by atoms with van der Waals surface area (Å²) >= 11 is 0. The summed E-state index contributed by atoms with van der Waals surface area (Å²) in [4.78, 5) is 17.9. The average molecular weight is 371 g/mol. The molecule has 5 heteroatoms. The molecular formula is C22H34N4O. The van der Waals surface area contributed by atoms with E-state index in [0.717, 1.165) is 45.4 Å². The maximum atomic E-state index is 13.1. The van der Waals surface area contributed by atoms with Crippen LogP contribution in [-0.2, 0) is 11.2 Å². The molecule has 1 aromatic carbocycles. The number of nitrogens with one attached hydrogen (secondary N) is 2. The van der Waals surface area contributed by atoms with Crippen LogP contribution in [0.25, 0.3) is 0 Å². The van der Waals surface area contributed by atoms with Crippen LogP contribution in [0.15, 0.2) is 30.3 Å². The highest BCUT2D eigenvalue weighted by Gasteiger charge is 2.40. The van der Waals surface area contributed by atoms with Crippen molar-refractivity contribution in [2.75, 3.05) is 26.2 Å². The number of benzene rings is 1. The molecule has 0 saturated carbocycles. The molecule has 4 aliphatic heterocycles. The lowest BCUT2D eigenvalue weighted by Crippen LogP contribution is -2.53. The van der Waals surface area contributed by atoms with Gasteiger partial charge in [-0.1, -0.05) is 37.3 Å². The fourth-order valence-electron chi connectivity index (χ4n) is 5.04. The number of nitrogens with zero attached hydrogens (tertiary/aromatic N) is 2. The molecule has 4 aliphatic rings. The Morgan fingerprint density at radius 1 is 1.11 bits per heavy atom. The van der Waals surface area contributed by atoms with E-state index in [-0.39, 0.29) is 6.04 Å². The Kier molecular flexibility index (Phi) is 6.11. The fraction of sp³-hybridized carbons (Fsp3) is 0.682. The summed E-state index contributed by atoms with van der Waals surface area (Å²) < 4.78 is 0. The molecule has 1 amide bonds. The topological polar surface area (TPSA) is 47.6 Å². The molecule has 0 aliphatic carbocycles. The number of rotatable bonds is 6. The van der Waals surface area contributed by atoms with Crippen molar-refractivity contribution in [2.24, 2.45) is 5.92 Å². The summed E-state index contributed by atoms with van der Waals surface area (Å²) in [6, 6.07) is 11.6. The van der Waals surface area contributed by atoms with Crippen LogP contribution < -0.4 is 10.9 Å². The number of hydrogen-bond acceptors (Lipinski definition) is 4. The fourth-order valence-corrected chi connectivity index (χ4v) is 5.04. The van der Waals surface area contributed by atoms with Gasteiger partial charge in [0.05, 0.1) is 0 Å². The van der Waals surface area contributed by atoms with Gasteiger partial charge < -0.3 is 9.80 Å². The van der Waals surface area contributed by atoms with Crippen LogP contribution in [0.5, 0.6) is 0 Å². The second-order valence-corrected chi connectivity index (χ2v) is 8.62. The standard InChI is InChI=1S/C22H34N4O/c1-2-19-13-21(24-23-19)22(27)26-15-18-10-11-20(26)16-25(14-18)12-6-9-17-7-4-3-5-8-17/h3-5,7-8,18-21,23-24H,2,6,9-16H2,1H3/t18-,19?,20+,21?/m0/s1. The Morgan fingerprint density at radius 2 is 1.96 bits per heavy atom. The zero-order chi connectivity index (χ0) is 18.6. The van der Waals surface area contributed by atoms with E-state index >= 15 is 0 Å². The predicted molar refractivity (Wildman–Crippen MR) is 108 cm³/mol. The molecule has 0 aromatic heterocycles. The molecule has 0 spiro atoms. The first kappa shape index (κ1) is 18.9. The Balaban J connectivity index is 1.31. The van der Waals surface area contributed by atoms with E-state index in [0.29, 0.717) is 23.9 Å². The molecule has 1 aromatic rings. The molecular weight excluding hydrogens is 336 g/mol. The highest BCUT2D eigenvalue weighted by molar-refractivity contribution is 5.82. The summed E-state index contributed by atoms with van der Waals surface area (Å²) in [5, 5.41) is 0. The maximum absolute atomic E-state index is 13.1. The van der Waals surface area contributed by atoms with Gasteiger partial charge in [-0.15, -0.1) is 0 Å². The van der Waals surface area contributed by atoms with E-state index < -0.39 is 0 Å². The number of hydrazine groups is 1. The third-order valence-corrected chi connectivity index (χ3v) is 6.63. The lowest BCUT2D eigenvalue weighted by atomic mass is 9.94. The number of amides is 1. The van der Waals surface area contributed by atoms with Crippen LogP contribution in [0.3, 0.4) is 0 Å². The molecule has 27 heavy (non-hydrogen) atoms. The van der Waals surface area contributed by atoms with Gasteiger partial charge in [-0.3, -0.25) is 10.2 Å². The van der Waals surface area contributed by atoms with Gasteiger partial charge in [0, 0.05) is 31.7 Å². The summed E-state index contributed by atoms with van der Waals surface area (Å²) in [6.07, 6.45) is 6.78. The zero-order valence-corrected chi connectivity index (χ0v) is 16.6. The number of hydrogen-bond donors (Lipinski definition) is 2. The van der Waals surface area contributed by atoms with Gasteiger partial charge in [-0.05, 0) is 56.6 Å². The lowest BCUT2D eigenvalue weighted by Gasteiger charge is -2.37. The van der Waals surface area contributed by atoms with Crippen LogP contribution in [-0.4, -0.2) is 60.0 Å². The normalized spacial score (nSPS) is 31.2. The van der Waals surface area contributed by atoms with E-state index in [1.165, 1.54) is 24.8 Å². The molecule has 2 bridgehead atoms. The smallest absolute Gasteiger partial charge is 0.241 e. The molecule has 4 atom stereocenters. The van der Waals surface area contributed by atoms with E-state index in [2.05, 4.69) is 57.9 Å². The second kappa shape index (κ2) is 8.72. The van der Waals surface area contributed by atoms with Crippen molar-refractivity contribution in [3.05, 3.63) is 35.9 Å². The van der Waals surface area contributed by atoms with Crippen molar-refractivity contribution in [1.29, 1.82) is 0 Å². The van der Waals surface area contributed by atoms with Crippen molar-refractivity contribution >= 4 is 5.91 Å². The maximum Gasteiger partial charge on any atom is 0.241 e. The molecule has 4 fully saturated rings. The van der Waals surface area contributed by atoms with Crippen LogP contribution >= 0.6 is 0 Å². The third kappa shape index (κ3) is 4.53. The molecule has 2 N–H and O–H groups in total. The van der Waals surface area contributed by atoms with Crippen LogP contribution in [0.1, 0.15) is 44.6 Å². The van der Waals surface area contributed by atoms with Gasteiger partial charge in [0.25, 0.3) is 0 Å². The van der Waals surface area contributed by atoms with Crippen molar-refractivity contribution in [3.63, 3.8) is 0 Å². The molecule has 5 nitrogen and oxygen atoms in total. The summed E-state index contributed by atoms with van der Waals surface area (Å²) in [5.41, 5.74) is 7.95. The van der Waals surface area contributed by atoms with Gasteiger partial charge in [0.1, 0.15) is 6.04 Å². The van der Waals surface area contributed by atoms with Crippen molar-refractivity contribution < 1.29 is 4.79 Å². The highest BCUT2D eigenvalue weighted by atomic mass is 16.2. The second-order valence-electron chi connectivity index (χ2n) is 8.62. The van der Waals surface area contributed by atoms with Crippen LogP contribution in [0.4, 0.5) is 0 Å². The van der Waals surface area contributed by atoms with E-state index in [1.54, 1.807) is 0 Å².